The van der Waals surface area contributed by atoms with Crippen molar-refractivity contribution in [3.05, 3.63) is 18.2 Å². The number of piperidine rings is 2. The zero-order valence-electron chi connectivity index (χ0n) is 11.7. The highest BCUT2D eigenvalue weighted by Crippen LogP contribution is 2.37. The molecule has 4 nitrogen and oxygen atoms in total. The minimum Gasteiger partial charge on any atom is -0.481 e. The van der Waals surface area contributed by atoms with Gasteiger partial charge >= 0.3 is 0 Å². The number of nitrogens with zero attached hydrogens (tertiary/aromatic N) is 2. The Bertz CT molecular complexity index is 424. The van der Waals surface area contributed by atoms with Crippen LogP contribution in [0.2, 0.25) is 0 Å². The summed E-state index contributed by atoms with van der Waals surface area (Å²) in [5.41, 5.74) is 0.460. The maximum Gasteiger partial charge on any atom is 0.214 e. The molecule has 104 valence electrons. The molecule has 1 N–H and O–H groups in total. The van der Waals surface area contributed by atoms with E-state index in [1.807, 2.05) is 12.1 Å². The van der Waals surface area contributed by atoms with Crippen LogP contribution >= 0.6 is 0 Å². The molecule has 1 aromatic heterocycles. The van der Waals surface area contributed by atoms with E-state index in [-0.39, 0.29) is 0 Å². The first-order valence-electron chi connectivity index (χ1n) is 7.28. The Morgan fingerprint density at radius 3 is 3.00 bits per heavy atom. The van der Waals surface area contributed by atoms with Crippen molar-refractivity contribution in [1.29, 1.82) is 0 Å². The van der Waals surface area contributed by atoms with Crippen LogP contribution in [0.5, 0.6) is 5.88 Å². The summed E-state index contributed by atoms with van der Waals surface area (Å²) in [5, 5.41) is 3.57. The maximum absolute atomic E-state index is 5.23. The van der Waals surface area contributed by atoms with E-state index in [1.165, 1.54) is 32.2 Å². The molecule has 4 heteroatoms. The zero-order chi connectivity index (χ0) is 13.1. The largest absolute Gasteiger partial charge is 0.481 e. The average Bonchev–Trinajstić information content (AvgIpc) is 2.48. The van der Waals surface area contributed by atoms with Gasteiger partial charge in [-0.25, -0.2) is 0 Å². The summed E-state index contributed by atoms with van der Waals surface area (Å²) in [6.07, 6.45) is 5.26. The molecule has 1 spiro atoms. The lowest BCUT2D eigenvalue weighted by Gasteiger charge is -2.45. The number of pyridine rings is 1. The van der Waals surface area contributed by atoms with Gasteiger partial charge in [0, 0.05) is 31.1 Å². The summed E-state index contributed by atoms with van der Waals surface area (Å²) in [7, 11) is 1.68. The van der Waals surface area contributed by atoms with Crippen molar-refractivity contribution in [3.63, 3.8) is 0 Å². The third-order valence-electron chi connectivity index (χ3n) is 4.46. The number of aromatic nitrogens is 1. The third-order valence-corrected chi connectivity index (χ3v) is 4.46. The predicted molar refractivity (Wildman–Crippen MR) is 76.8 cm³/mol. The molecule has 0 aromatic carbocycles. The van der Waals surface area contributed by atoms with Gasteiger partial charge in [0.15, 0.2) is 0 Å². The number of anilines is 1. The van der Waals surface area contributed by atoms with Crippen LogP contribution in [0.25, 0.3) is 0 Å². The van der Waals surface area contributed by atoms with Gasteiger partial charge in [0.2, 0.25) is 5.88 Å². The van der Waals surface area contributed by atoms with Gasteiger partial charge < -0.3 is 15.0 Å². The molecule has 2 aliphatic rings. The molecule has 0 radical (unpaired) electrons. The summed E-state index contributed by atoms with van der Waals surface area (Å²) >= 11 is 0. The Kier molecular flexibility index (Phi) is 3.60. The van der Waals surface area contributed by atoms with Crippen molar-refractivity contribution in [2.75, 3.05) is 38.2 Å². The Hall–Kier alpha value is -1.29. The van der Waals surface area contributed by atoms with Crippen molar-refractivity contribution in [2.24, 2.45) is 5.41 Å². The number of nitrogens with one attached hydrogen (secondary N) is 1. The highest BCUT2D eigenvalue weighted by Gasteiger charge is 2.36. The van der Waals surface area contributed by atoms with Gasteiger partial charge in [0.1, 0.15) is 5.82 Å². The molecular weight excluding hydrogens is 238 g/mol. The lowest BCUT2D eigenvalue weighted by atomic mass is 9.74. The molecule has 3 rings (SSSR count). The van der Waals surface area contributed by atoms with Crippen LogP contribution in [0.3, 0.4) is 0 Å². The summed E-state index contributed by atoms with van der Waals surface area (Å²) in [6.45, 7) is 4.58. The quantitative estimate of drug-likeness (QED) is 0.884. The van der Waals surface area contributed by atoms with Crippen LogP contribution in [0.4, 0.5) is 5.82 Å². The van der Waals surface area contributed by atoms with E-state index in [4.69, 9.17) is 4.74 Å². The second-order valence-corrected chi connectivity index (χ2v) is 5.84. The summed E-state index contributed by atoms with van der Waals surface area (Å²) in [4.78, 5) is 7.01. The molecule has 1 unspecified atom stereocenters. The van der Waals surface area contributed by atoms with E-state index < -0.39 is 0 Å². The molecule has 1 atom stereocenters. The predicted octanol–water partition coefficient (Wildman–Crippen LogP) is 2.06. The van der Waals surface area contributed by atoms with Gasteiger partial charge in [-0.15, -0.1) is 0 Å². The van der Waals surface area contributed by atoms with Crippen molar-refractivity contribution >= 4 is 5.82 Å². The first-order chi connectivity index (χ1) is 9.31. The topological polar surface area (TPSA) is 37.4 Å². The van der Waals surface area contributed by atoms with Crippen molar-refractivity contribution in [1.82, 2.24) is 10.3 Å². The van der Waals surface area contributed by atoms with E-state index in [2.05, 4.69) is 21.3 Å². The number of rotatable bonds is 2. The van der Waals surface area contributed by atoms with Crippen LogP contribution < -0.4 is 15.0 Å². The first kappa shape index (κ1) is 12.7. The molecule has 0 saturated carbocycles. The molecule has 0 bridgehead atoms. The zero-order valence-corrected chi connectivity index (χ0v) is 11.7. The van der Waals surface area contributed by atoms with Crippen molar-refractivity contribution in [2.45, 2.75) is 25.7 Å². The van der Waals surface area contributed by atoms with Crippen LogP contribution in [0.15, 0.2) is 18.2 Å². The van der Waals surface area contributed by atoms with E-state index in [9.17, 15) is 0 Å². The molecule has 19 heavy (non-hydrogen) atoms. The summed E-state index contributed by atoms with van der Waals surface area (Å²) in [6, 6.07) is 6.03. The van der Waals surface area contributed by atoms with Crippen LogP contribution in [0, 0.1) is 5.41 Å². The molecule has 0 aliphatic carbocycles. The number of methoxy groups -OCH3 is 1. The van der Waals surface area contributed by atoms with E-state index in [0.717, 1.165) is 25.5 Å². The van der Waals surface area contributed by atoms with Gasteiger partial charge in [-0.3, -0.25) is 0 Å². The monoisotopic (exact) mass is 261 g/mol. The van der Waals surface area contributed by atoms with Crippen molar-refractivity contribution < 1.29 is 4.74 Å². The first-order valence-corrected chi connectivity index (χ1v) is 7.28. The van der Waals surface area contributed by atoms with Gasteiger partial charge in [-0.1, -0.05) is 6.07 Å². The number of ether oxygens (including phenoxy) is 1. The molecule has 1 aromatic rings. The van der Waals surface area contributed by atoms with E-state index in [1.54, 1.807) is 7.11 Å². The Morgan fingerprint density at radius 1 is 1.32 bits per heavy atom. The highest BCUT2D eigenvalue weighted by molar-refractivity contribution is 5.41. The fourth-order valence-electron chi connectivity index (χ4n) is 3.48. The summed E-state index contributed by atoms with van der Waals surface area (Å²) in [5.74, 6) is 1.77. The van der Waals surface area contributed by atoms with Crippen LogP contribution in [0.1, 0.15) is 25.7 Å². The lowest BCUT2D eigenvalue weighted by Crippen LogP contribution is -2.51. The van der Waals surface area contributed by atoms with Gasteiger partial charge in [-0.2, -0.15) is 4.98 Å². The van der Waals surface area contributed by atoms with Gasteiger partial charge in [0.05, 0.1) is 7.11 Å². The molecule has 2 saturated heterocycles. The van der Waals surface area contributed by atoms with E-state index in [0.29, 0.717) is 11.3 Å². The minimum atomic E-state index is 0.460. The highest BCUT2D eigenvalue weighted by atomic mass is 16.5. The maximum atomic E-state index is 5.23. The minimum absolute atomic E-state index is 0.460. The normalized spacial score (nSPS) is 27.5. The van der Waals surface area contributed by atoms with E-state index >= 15 is 0 Å². The Morgan fingerprint density at radius 2 is 2.21 bits per heavy atom. The summed E-state index contributed by atoms with van der Waals surface area (Å²) < 4.78 is 5.23. The van der Waals surface area contributed by atoms with Crippen molar-refractivity contribution in [3.8, 4) is 5.88 Å². The molecule has 0 amide bonds. The Balaban J connectivity index is 1.76. The SMILES string of the molecule is COc1cccc(N2CCCC3(CCCNC3)C2)n1. The second kappa shape index (κ2) is 5.37. The van der Waals surface area contributed by atoms with Crippen LogP contribution in [-0.4, -0.2) is 38.3 Å². The van der Waals surface area contributed by atoms with Crippen LogP contribution in [-0.2, 0) is 0 Å². The second-order valence-electron chi connectivity index (χ2n) is 5.84. The number of hydrogen-bond donors (Lipinski definition) is 1. The smallest absolute Gasteiger partial charge is 0.214 e. The molecule has 3 heterocycles. The van der Waals surface area contributed by atoms with Gasteiger partial charge in [0.25, 0.3) is 0 Å². The Labute approximate surface area is 115 Å². The molecule has 2 fully saturated rings. The number of hydrogen-bond acceptors (Lipinski definition) is 4. The standard InChI is InChI=1S/C15H23N3O/c1-19-14-6-2-5-13(17-14)18-10-4-8-15(12-18)7-3-9-16-11-15/h2,5-6,16H,3-4,7-12H2,1H3. The third kappa shape index (κ3) is 2.68. The fourth-order valence-corrected chi connectivity index (χ4v) is 3.48. The molecular formula is C15H23N3O. The fraction of sp³-hybridized carbons (Fsp3) is 0.667. The lowest BCUT2D eigenvalue weighted by molar-refractivity contribution is 0.172. The average molecular weight is 261 g/mol. The van der Waals surface area contributed by atoms with Gasteiger partial charge in [-0.05, 0) is 38.3 Å². The molecule has 2 aliphatic heterocycles.